The van der Waals surface area contributed by atoms with Crippen LogP contribution in [0.5, 0.6) is 5.75 Å². The Hall–Kier alpha value is -0.980. The second-order valence-corrected chi connectivity index (χ2v) is 9.45. The molecule has 0 heterocycles. The monoisotopic (exact) mass is 370 g/mol. The third-order valence-corrected chi connectivity index (χ3v) is 7.60. The summed E-state index contributed by atoms with van der Waals surface area (Å²) in [6.07, 6.45) is 20.6. The molecule has 0 unspecified atom stereocenters. The van der Waals surface area contributed by atoms with Gasteiger partial charge in [-0.3, -0.25) is 0 Å². The lowest BCUT2D eigenvalue weighted by atomic mass is 9.74. The van der Waals surface area contributed by atoms with Crippen molar-refractivity contribution in [1.29, 1.82) is 0 Å². The Morgan fingerprint density at radius 2 is 1.22 bits per heavy atom. The Kier molecular flexibility index (Phi) is 8.55. The average Bonchev–Trinajstić information content (AvgIpc) is 2.74. The van der Waals surface area contributed by atoms with E-state index in [1.165, 1.54) is 95.5 Å². The van der Waals surface area contributed by atoms with Gasteiger partial charge >= 0.3 is 0 Å². The van der Waals surface area contributed by atoms with Crippen LogP contribution in [-0.4, -0.2) is 7.11 Å². The van der Waals surface area contributed by atoms with Gasteiger partial charge in [-0.05, 0) is 67.1 Å². The molecule has 2 aliphatic rings. The molecular weight excluding hydrogens is 328 g/mol. The van der Waals surface area contributed by atoms with Gasteiger partial charge in [-0.15, -0.1) is 0 Å². The lowest BCUT2D eigenvalue weighted by Crippen LogP contribution is -2.17. The maximum absolute atomic E-state index is 5.29. The number of hydrogen-bond acceptors (Lipinski definition) is 1. The molecule has 1 heteroatoms. The van der Waals surface area contributed by atoms with Crippen LogP contribution < -0.4 is 4.74 Å². The highest BCUT2D eigenvalue weighted by Gasteiger charge is 2.25. The van der Waals surface area contributed by atoms with Crippen LogP contribution in [0.25, 0.3) is 0 Å². The predicted octanol–water partition coefficient (Wildman–Crippen LogP) is 8.14. The van der Waals surface area contributed by atoms with Crippen molar-refractivity contribution in [2.24, 2.45) is 17.8 Å². The molecule has 3 rings (SSSR count). The molecule has 0 bridgehead atoms. The van der Waals surface area contributed by atoms with Crippen LogP contribution in [0, 0.1) is 17.8 Å². The second kappa shape index (κ2) is 11.1. The highest BCUT2D eigenvalue weighted by molar-refractivity contribution is 5.29. The molecule has 0 N–H and O–H groups in total. The normalized spacial score (nSPS) is 28.8. The van der Waals surface area contributed by atoms with Crippen molar-refractivity contribution in [3.63, 3.8) is 0 Å². The molecule has 152 valence electrons. The van der Waals surface area contributed by atoms with Crippen LogP contribution in [0.3, 0.4) is 0 Å². The minimum atomic E-state index is 0.783. The number of hydrogen-bond donors (Lipinski definition) is 0. The van der Waals surface area contributed by atoms with E-state index in [4.69, 9.17) is 4.74 Å². The molecule has 2 saturated carbocycles. The van der Waals surface area contributed by atoms with Crippen molar-refractivity contribution in [1.82, 2.24) is 0 Å². The predicted molar refractivity (Wildman–Crippen MR) is 117 cm³/mol. The lowest BCUT2D eigenvalue weighted by molar-refractivity contribution is 0.222. The first kappa shape index (κ1) is 20.7. The first-order valence-corrected chi connectivity index (χ1v) is 11.9. The zero-order valence-corrected chi connectivity index (χ0v) is 17.9. The van der Waals surface area contributed by atoms with E-state index in [1.807, 2.05) is 0 Å². The number of methoxy groups -OCH3 is 1. The molecule has 0 spiro atoms. The van der Waals surface area contributed by atoms with Crippen molar-refractivity contribution in [2.75, 3.05) is 7.11 Å². The Labute approximate surface area is 168 Å². The van der Waals surface area contributed by atoms with Gasteiger partial charge in [0.2, 0.25) is 0 Å². The number of ether oxygens (including phenoxy) is 1. The zero-order valence-electron chi connectivity index (χ0n) is 17.9. The fourth-order valence-corrected chi connectivity index (χ4v) is 5.62. The third kappa shape index (κ3) is 6.54. The summed E-state index contributed by atoms with van der Waals surface area (Å²) in [5.74, 6) is 4.87. The molecule has 2 aliphatic carbocycles. The first-order chi connectivity index (χ1) is 13.3. The van der Waals surface area contributed by atoms with Crippen molar-refractivity contribution in [2.45, 2.75) is 103 Å². The van der Waals surface area contributed by atoms with Crippen LogP contribution in [0.15, 0.2) is 24.3 Å². The van der Waals surface area contributed by atoms with Crippen LogP contribution >= 0.6 is 0 Å². The minimum Gasteiger partial charge on any atom is -0.497 e. The van der Waals surface area contributed by atoms with Crippen molar-refractivity contribution >= 4 is 0 Å². The van der Waals surface area contributed by atoms with E-state index in [1.54, 1.807) is 7.11 Å². The standard InChI is InChI=1S/C26H42O/c1-3-4-5-6-21-7-9-22(10-8-21)11-12-23-13-15-24(16-14-23)25-17-19-26(27-2)20-18-25/h17-24H,3-16H2,1-2H3. The fourth-order valence-electron chi connectivity index (χ4n) is 5.62. The Bertz CT molecular complexity index is 504. The molecule has 0 saturated heterocycles. The molecule has 2 fully saturated rings. The number of benzene rings is 1. The summed E-state index contributed by atoms with van der Waals surface area (Å²) in [5.41, 5.74) is 1.52. The quantitative estimate of drug-likeness (QED) is 0.399. The van der Waals surface area contributed by atoms with Crippen LogP contribution in [0.2, 0.25) is 0 Å². The molecule has 27 heavy (non-hydrogen) atoms. The molecule has 1 aromatic carbocycles. The van der Waals surface area contributed by atoms with Gasteiger partial charge in [-0.1, -0.05) is 83.3 Å². The Morgan fingerprint density at radius 3 is 1.74 bits per heavy atom. The molecule has 0 atom stereocenters. The van der Waals surface area contributed by atoms with Crippen LogP contribution in [0.4, 0.5) is 0 Å². The largest absolute Gasteiger partial charge is 0.497 e. The highest BCUT2D eigenvalue weighted by Crippen LogP contribution is 2.40. The van der Waals surface area contributed by atoms with Crippen molar-refractivity contribution < 1.29 is 4.74 Å². The molecule has 0 aromatic heterocycles. The topological polar surface area (TPSA) is 9.23 Å². The van der Waals surface area contributed by atoms with E-state index in [0.717, 1.165) is 29.4 Å². The van der Waals surface area contributed by atoms with E-state index in [0.29, 0.717) is 0 Å². The van der Waals surface area contributed by atoms with Gasteiger partial charge in [0.05, 0.1) is 7.11 Å². The number of rotatable bonds is 9. The van der Waals surface area contributed by atoms with Gasteiger partial charge in [0.15, 0.2) is 0 Å². The summed E-state index contributed by atoms with van der Waals surface area (Å²) in [6, 6.07) is 8.81. The van der Waals surface area contributed by atoms with E-state index in [9.17, 15) is 0 Å². The summed E-state index contributed by atoms with van der Waals surface area (Å²) < 4.78 is 5.29. The van der Waals surface area contributed by atoms with Gasteiger partial charge in [0, 0.05) is 0 Å². The van der Waals surface area contributed by atoms with Gasteiger partial charge in [0.25, 0.3) is 0 Å². The van der Waals surface area contributed by atoms with Crippen LogP contribution in [-0.2, 0) is 0 Å². The van der Waals surface area contributed by atoms with E-state index >= 15 is 0 Å². The smallest absolute Gasteiger partial charge is 0.118 e. The summed E-state index contributed by atoms with van der Waals surface area (Å²) >= 11 is 0. The molecule has 0 amide bonds. The average molecular weight is 371 g/mol. The molecular formula is C26H42O. The van der Waals surface area contributed by atoms with Gasteiger partial charge in [0.1, 0.15) is 5.75 Å². The van der Waals surface area contributed by atoms with Crippen LogP contribution in [0.1, 0.15) is 108 Å². The summed E-state index contributed by atoms with van der Waals surface area (Å²) in [5, 5.41) is 0. The fraction of sp³-hybridized carbons (Fsp3) is 0.769. The van der Waals surface area contributed by atoms with Gasteiger partial charge in [-0.25, -0.2) is 0 Å². The van der Waals surface area contributed by atoms with Crippen molar-refractivity contribution in [3.05, 3.63) is 29.8 Å². The highest BCUT2D eigenvalue weighted by atomic mass is 16.5. The molecule has 1 nitrogen and oxygen atoms in total. The van der Waals surface area contributed by atoms with E-state index < -0.39 is 0 Å². The third-order valence-electron chi connectivity index (χ3n) is 7.60. The van der Waals surface area contributed by atoms with E-state index in [2.05, 4.69) is 31.2 Å². The molecule has 1 aromatic rings. The second-order valence-electron chi connectivity index (χ2n) is 9.45. The SMILES string of the molecule is CCCCCC1CCC(CCC2CCC(c3ccc(OC)cc3)CC2)CC1. The summed E-state index contributed by atoms with van der Waals surface area (Å²) in [7, 11) is 1.75. The lowest BCUT2D eigenvalue weighted by Gasteiger charge is -2.32. The summed E-state index contributed by atoms with van der Waals surface area (Å²) in [6.45, 7) is 2.32. The van der Waals surface area contributed by atoms with Gasteiger partial charge in [-0.2, -0.15) is 0 Å². The van der Waals surface area contributed by atoms with Gasteiger partial charge < -0.3 is 4.74 Å². The minimum absolute atomic E-state index is 0.783. The molecule has 0 aliphatic heterocycles. The van der Waals surface area contributed by atoms with Crippen molar-refractivity contribution in [3.8, 4) is 5.75 Å². The Balaban J connectivity index is 1.31. The molecule has 0 radical (unpaired) electrons. The first-order valence-electron chi connectivity index (χ1n) is 11.9. The maximum Gasteiger partial charge on any atom is 0.118 e. The maximum atomic E-state index is 5.29. The van der Waals surface area contributed by atoms with E-state index in [-0.39, 0.29) is 0 Å². The summed E-state index contributed by atoms with van der Waals surface area (Å²) in [4.78, 5) is 0. The zero-order chi connectivity index (χ0) is 18.9. The Morgan fingerprint density at radius 1 is 0.704 bits per heavy atom. The number of unbranched alkanes of at least 4 members (excludes halogenated alkanes) is 2.